The average Bonchev–Trinajstić information content (AvgIpc) is 2.85. The number of hydrogen-bond acceptors (Lipinski definition) is 5. The average molecular weight is 552 g/mol. The van der Waals surface area contributed by atoms with E-state index >= 15 is 0 Å². The number of halogens is 5. The van der Waals surface area contributed by atoms with Crippen molar-refractivity contribution in [2.45, 2.75) is 79.9 Å². The SMILES string of the molecule is CC[C@H](C)[C@@H]([C@@H](CC(=O)Oc1c(F)c(F)c(F)c(F)c1F)OC)N(C)C(=O)[C@@H](CC(=O)C(C)(C)C)C(C)C. The van der Waals surface area contributed by atoms with E-state index in [4.69, 9.17) is 4.74 Å². The van der Waals surface area contributed by atoms with Crippen molar-refractivity contribution < 1.29 is 45.8 Å². The molecule has 0 aromatic heterocycles. The Kier molecular flexibility index (Phi) is 11.9. The fraction of sp³-hybridized carbons (Fsp3) is 0.667. The van der Waals surface area contributed by atoms with Crippen LogP contribution in [0.1, 0.15) is 67.7 Å². The Morgan fingerprint density at radius 2 is 1.34 bits per heavy atom. The normalized spacial score (nSPS) is 15.1. The first-order chi connectivity index (χ1) is 17.4. The summed E-state index contributed by atoms with van der Waals surface area (Å²) in [4.78, 5) is 40.3. The maximum atomic E-state index is 14.0. The third-order valence-corrected chi connectivity index (χ3v) is 6.82. The molecule has 6 nitrogen and oxygen atoms in total. The molecular formula is C27H38F5NO5. The number of methoxy groups -OCH3 is 1. The van der Waals surface area contributed by atoms with E-state index in [1.807, 2.05) is 20.8 Å². The van der Waals surface area contributed by atoms with Crippen molar-refractivity contribution in [3.8, 4) is 5.75 Å². The van der Waals surface area contributed by atoms with Gasteiger partial charge in [-0.1, -0.05) is 54.9 Å². The maximum Gasteiger partial charge on any atom is 0.314 e. The molecule has 1 amide bonds. The number of ether oxygens (including phenoxy) is 2. The van der Waals surface area contributed by atoms with Crippen molar-refractivity contribution in [3.63, 3.8) is 0 Å². The van der Waals surface area contributed by atoms with Gasteiger partial charge in [0.1, 0.15) is 5.78 Å². The Hall–Kier alpha value is -2.56. The molecule has 0 saturated carbocycles. The topological polar surface area (TPSA) is 72.9 Å². The number of esters is 1. The van der Waals surface area contributed by atoms with Crippen molar-refractivity contribution >= 4 is 17.7 Å². The molecular weight excluding hydrogens is 513 g/mol. The van der Waals surface area contributed by atoms with E-state index in [1.165, 1.54) is 19.1 Å². The van der Waals surface area contributed by atoms with Gasteiger partial charge in [0.15, 0.2) is 0 Å². The summed E-state index contributed by atoms with van der Waals surface area (Å²) >= 11 is 0. The van der Waals surface area contributed by atoms with Crippen LogP contribution in [0.25, 0.3) is 0 Å². The van der Waals surface area contributed by atoms with E-state index in [-0.39, 0.29) is 29.9 Å². The van der Waals surface area contributed by atoms with Crippen molar-refractivity contribution in [1.29, 1.82) is 0 Å². The van der Waals surface area contributed by atoms with Gasteiger partial charge in [-0.15, -0.1) is 0 Å². The Morgan fingerprint density at radius 3 is 1.74 bits per heavy atom. The van der Waals surface area contributed by atoms with E-state index in [1.54, 1.807) is 27.7 Å². The summed E-state index contributed by atoms with van der Waals surface area (Å²) in [7, 11) is 2.77. The van der Waals surface area contributed by atoms with Crippen LogP contribution in [0.2, 0.25) is 0 Å². The lowest BCUT2D eigenvalue weighted by atomic mass is 9.80. The number of hydrogen-bond donors (Lipinski definition) is 0. The van der Waals surface area contributed by atoms with Crippen LogP contribution in [-0.4, -0.2) is 48.9 Å². The van der Waals surface area contributed by atoms with E-state index < -0.39 is 70.7 Å². The zero-order chi connectivity index (χ0) is 29.7. The summed E-state index contributed by atoms with van der Waals surface area (Å²) in [6, 6.07) is -0.743. The minimum Gasteiger partial charge on any atom is -0.420 e. The van der Waals surface area contributed by atoms with Gasteiger partial charge in [-0.2, -0.15) is 8.78 Å². The Labute approximate surface area is 220 Å². The summed E-state index contributed by atoms with van der Waals surface area (Å²) in [5, 5.41) is 0. The third kappa shape index (κ3) is 7.74. The van der Waals surface area contributed by atoms with Crippen LogP contribution in [0.3, 0.4) is 0 Å². The van der Waals surface area contributed by atoms with Crippen LogP contribution in [0.4, 0.5) is 22.0 Å². The second-order valence-corrected chi connectivity index (χ2v) is 10.9. The number of carbonyl (C=O) groups is 3. The van der Waals surface area contributed by atoms with Gasteiger partial charge < -0.3 is 14.4 Å². The highest BCUT2D eigenvalue weighted by Gasteiger charge is 2.39. The molecule has 0 spiro atoms. The first-order valence-electron chi connectivity index (χ1n) is 12.4. The molecule has 4 atom stereocenters. The van der Waals surface area contributed by atoms with Gasteiger partial charge >= 0.3 is 5.97 Å². The van der Waals surface area contributed by atoms with Gasteiger partial charge in [0, 0.05) is 31.9 Å². The highest BCUT2D eigenvalue weighted by Crippen LogP contribution is 2.31. The molecule has 216 valence electrons. The van der Waals surface area contributed by atoms with Crippen LogP contribution in [0.5, 0.6) is 5.75 Å². The quantitative estimate of drug-likeness (QED) is 0.107. The second-order valence-electron chi connectivity index (χ2n) is 10.9. The first-order valence-corrected chi connectivity index (χ1v) is 12.4. The van der Waals surface area contributed by atoms with Crippen LogP contribution in [-0.2, 0) is 19.1 Å². The fourth-order valence-electron chi connectivity index (χ4n) is 4.10. The summed E-state index contributed by atoms with van der Waals surface area (Å²) < 4.78 is 78.4. The van der Waals surface area contributed by atoms with Gasteiger partial charge in [-0.3, -0.25) is 14.4 Å². The number of benzene rings is 1. The molecule has 0 radical (unpaired) electrons. The number of Topliss-reactive ketones (excluding diaryl/α,β-unsaturated/α-hetero) is 1. The molecule has 1 aromatic carbocycles. The van der Waals surface area contributed by atoms with Crippen molar-refractivity contribution in [2.75, 3.05) is 14.2 Å². The zero-order valence-corrected chi connectivity index (χ0v) is 23.4. The zero-order valence-electron chi connectivity index (χ0n) is 23.4. The predicted molar refractivity (Wildman–Crippen MR) is 131 cm³/mol. The Morgan fingerprint density at radius 1 is 0.868 bits per heavy atom. The smallest absolute Gasteiger partial charge is 0.314 e. The van der Waals surface area contributed by atoms with Crippen LogP contribution in [0.15, 0.2) is 0 Å². The van der Waals surface area contributed by atoms with Gasteiger partial charge in [0.05, 0.1) is 18.6 Å². The molecule has 0 bridgehead atoms. The third-order valence-electron chi connectivity index (χ3n) is 6.82. The lowest BCUT2D eigenvalue weighted by Gasteiger charge is -2.39. The largest absolute Gasteiger partial charge is 0.420 e. The van der Waals surface area contributed by atoms with Gasteiger partial charge in [0.25, 0.3) is 0 Å². The molecule has 0 fully saturated rings. The van der Waals surface area contributed by atoms with Crippen molar-refractivity contribution in [1.82, 2.24) is 4.90 Å². The number of nitrogens with zero attached hydrogens (tertiary/aromatic N) is 1. The number of carbonyl (C=O) groups excluding carboxylic acids is 3. The standard InChI is InChI=1S/C27H38F5NO5/c1-10-14(4)24(33(8)26(36)15(13(2)3)11-17(34)27(5,6)7)16(37-9)12-18(35)38-25-22(31)20(29)19(28)21(30)23(25)32/h13-16,24H,10-12H2,1-9H3/t14-,15-,16+,24-/m0/s1. The van der Waals surface area contributed by atoms with E-state index in [0.717, 1.165) is 0 Å². The molecule has 1 aromatic rings. The fourth-order valence-corrected chi connectivity index (χ4v) is 4.10. The summed E-state index contributed by atoms with van der Waals surface area (Å²) in [6.07, 6.45) is -1.16. The molecule has 0 aliphatic rings. The van der Waals surface area contributed by atoms with Crippen LogP contribution in [0, 0.1) is 52.3 Å². The molecule has 0 unspecified atom stereocenters. The summed E-state index contributed by atoms with van der Waals surface area (Å²) in [5.74, 6) is -16.0. The number of rotatable bonds is 12. The molecule has 38 heavy (non-hydrogen) atoms. The Bertz CT molecular complexity index is 995. The van der Waals surface area contributed by atoms with E-state index in [9.17, 15) is 36.3 Å². The Balaban J connectivity index is 3.28. The lowest BCUT2D eigenvalue weighted by Crippen LogP contribution is -2.52. The highest BCUT2D eigenvalue weighted by atomic mass is 19.2. The van der Waals surface area contributed by atoms with Gasteiger partial charge in [-0.25, -0.2) is 13.2 Å². The first kappa shape index (κ1) is 33.5. The molecule has 0 N–H and O–H groups in total. The molecule has 0 aliphatic heterocycles. The number of likely N-dealkylation sites (N-methyl/N-ethyl adjacent to an activating group) is 1. The predicted octanol–water partition coefficient (Wildman–Crippen LogP) is 5.84. The minimum absolute atomic E-state index is 0.0114. The van der Waals surface area contributed by atoms with Crippen molar-refractivity contribution in [2.24, 2.45) is 23.2 Å². The molecule has 0 heterocycles. The van der Waals surface area contributed by atoms with Gasteiger partial charge in [0.2, 0.25) is 40.7 Å². The van der Waals surface area contributed by atoms with E-state index in [0.29, 0.717) is 6.42 Å². The van der Waals surface area contributed by atoms with Gasteiger partial charge in [-0.05, 0) is 11.8 Å². The van der Waals surface area contributed by atoms with Crippen LogP contribution >= 0.6 is 0 Å². The number of amides is 1. The van der Waals surface area contributed by atoms with E-state index in [2.05, 4.69) is 4.74 Å². The molecule has 0 saturated heterocycles. The highest BCUT2D eigenvalue weighted by molar-refractivity contribution is 5.89. The van der Waals surface area contributed by atoms with Crippen LogP contribution < -0.4 is 4.74 Å². The minimum atomic E-state index is -2.38. The molecule has 11 heteroatoms. The summed E-state index contributed by atoms with van der Waals surface area (Å²) in [6.45, 7) is 12.6. The number of ketones is 1. The monoisotopic (exact) mass is 551 g/mol. The molecule has 0 aliphatic carbocycles. The van der Waals surface area contributed by atoms with Crippen molar-refractivity contribution in [3.05, 3.63) is 29.1 Å². The maximum absolute atomic E-state index is 14.0. The summed E-state index contributed by atoms with van der Waals surface area (Å²) in [5.41, 5.74) is -0.648. The molecule has 1 rings (SSSR count). The lowest BCUT2D eigenvalue weighted by molar-refractivity contribution is -0.149. The second kappa shape index (κ2) is 13.5.